The van der Waals surface area contributed by atoms with E-state index in [1.54, 1.807) is 0 Å². The summed E-state index contributed by atoms with van der Waals surface area (Å²) in [5, 5.41) is 0. The van der Waals surface area contributed by atoms with Crippen LogP contribution in [0.25, 0.3) is 0 Å². The smallest absolute Gasteiger partial charge is 0.228 e. The van der Waals surface area contributed by atoms with Crippen molar-refractivity contribution in [2.75, 3.05) is 7.05 Å². The van der Waals surface area contributed by atoms with E-state index < -0.39 is 0 Å². The second kappa shape index (κ2) is 2.73. The van der Waals surface area contributed by atoms with E-state index in [-0.39, 0.29) is 5.41 Å². The molecule has 2 fully saturated rings. The molecule has 0 radical (unpaired) electrons. The molecule has 1 unspecified atom stereocenters. The first-order chi connectivity index (χ1) is 6.07. The van der Waals surface area contributed by atoms with Gasteiger partial charge < -0.3 is 4.90 Å². The lowest BCUT2D eigenvalue weighted by atomic mass is 9.66. The second-order valence-corrected chi connectivity index (χ2v) is 5.07. The molecule has 2 nitrogen and oxygen atoms in total. The van der Waals surface area contributed by atoms with Gasteiger partial charge in [0.25, 0.3) is 0 Å². The Hall–Kier alpha value is -0.530. The van der Waals surface area contributed by atoms with Gasteiger partial charge in [0.05, 0.1) is 5.41 Å². The third-order valence-corrected chi connectivity index (χ3v) is 3.95. The lowest BCUT2D eigenvalue weighted by Crippen LogP contribution is -2.38. The third kappa shape index (κ3) is 1.11. The normalized spacial score (nSPS) is 31.5. The Morgan fingerprint density at radius 2 is 2.08 bits per heavy atom. The zero-order chi connectivity index (χ0) is 9.64. The first-order valence-corrected chi connectivity index (χ1v) is 5.34. The number of hydrogen-bond acceptors (Lipinski definition) is 1. The van der Waals surface area contributed by atoms with Crippen LogP contribution in [0.5, 0.6) is 0 Å². The Morgan fingerprint density at radius 3 is 2.31 bits per heavy atom. The third-order valence-electron chi connectivity index (χ3n) is 3.95. The summed E-state index contributed by atoms with van der Waals surface area (Å²) in [4.78, 5) is 13.9. The number of carbonyl (C=O) groups excluding carboxylic acids is 1. The second-order valence-electron chi connectivity index (χ2n) is 5.07. The molecular formula is C11H19NO. The molecule has 1 saturated heterocycles. The Kier molecular flexibility index (Phi) is 1.90. The van der Waals surface area contributed by atoms with E-state index in [0.717, 1.165) is 19.3 Å². The van der Waals surface area contributed by atoms with Crippen molar-refractivity contribution in [3.63, 3.8) is 0 Å². The van der Waals surface area contributed by atoms with Gasteiger partial charge in [-0.1, -0.05) is 20.3 Å². The first kappa shape index (κ1) is 9.04. The van der Waals surface area contributed by atoms with E-state index in [1.807, 2.05) is 11.9 Å². The summed E-state index contributed by atoms with van der Waals surface area (Å²) < 4.78 is 0. The van der Waals surface area contributed by atoms with Crippen LogP contribution in [0.1, 0.15) is 39.5 Å². The van der Waals surface area contributed by atoms with E-state index >= 15 is 0 Å². The quantitative estimate of drug-likeness (QED) is 0.606. The molecule has 1 saturated carbocycles. The van der Waals surface area contributed by atoms with E-state index in [9.17, 15) is 4.79 Å². The van der Waals surface area contributed by atoms with Crippen LogP contribution in [-0.4, -0.2) is 23.9 Å². The summed E-state index contributed by atoms with van der Waals surface area (Å²) in [5.74, 6) is 1.02. The van der Waals surface area contributed by atoms with Gasteiger partial charge in [-0.2, -0.15) is 0 Å². The number of hydrogen-bond donors (Lipinski definition) is 0. The van der Waals surface area contributed by atoms with Crippen LogP contribution in [0, 0.1) is 11.3 Å². The molecule has 0 aromatic carbocycles. The lowest BCUT2D eigenvalue weighted by molar-refractivity contribution is -0.139. The fraction of sp³-hybridized carbons (Fsp3) is 0.909. The van der Waals surface area contributed by atoms with Crippen molar-refractivity contribution in [1.82, 2.24) is 4.90 Å². The van der Waals surface area contributed by atoms with Crippen LogP contribution in [0.2, 0.25) is 0 Å². The van der Waals surface area contributed by atoms with Gasteiger partial charge in [-0.05, 0) is 25.2 Å². The van der Waals surface area contributed by atoms with Crippen molar-refractivity contribution in [3.8, 4) is 0 Å². The first-order valence-electron chi connectivity index (χ1n) is 5.34. The van der Waals surface area contributed by atoms with Gasteiger partial charge >= 0.3 is 0 Å². The van der Waals surface area contributed by atoms with Gasteiger partial charge in [-0.25, -0.2) is 0 Å². The fourth-order valence-electron chi connectivity index (χ4n) is 2.85. The Balaban J connectivity index is 2.17. The largest absolute Gasteiger partial charge is 0.342 e. The van der Waals surface area contributed by atoms with Crippen molar-refractivity contribution in [1.29, 1.82) is 0 Å². The molecule has 74 valence electrons. The molecular weight excluding hydrogens is 162 g/mol. The van der Waals surface area contributed by atoms with Crippen molar-refractivity contribution < 1.29 is 4.79 Å². The number of nitrogens with zero attached hydrogens (tertiary/aromatic N) is 1. The summed E-state index contributed by atoms with van der Waals surface area (Å²) in [6.45, 7) is 4.43. The summed E-state index contributed by atoms with van der Waals surface area (Å²) in [5.41, 5.74) is 0.0870. The number of rotatable bonds is 1. The molecule has 1 aliphatic heterocycles. The zero-order valence-corrected chi connectivity index (χ0v) is 8.84. The summed E-state index contributed by atoms with van der Waals surface area (Å²) in [6.07, 6.45) is 4.64. The molecule has 2 heteroatoms. The predicted octanol–water partition coefficient (Wildman–Crippen LogP) is 2.04. The van der Waals surface area contributed by atoms with Gasteiger partial charge in [-0.3, -0.25) is 4.79 Å². The SMILES string of the molecule is CC(C)C1CC2(CCC2)C(=O)N1C. The molecule has 0 bridgehead atoms. The van der Waals surface area contributed by atoms with E-state index in [2.05, 4.69) is 13.8 Å². The van der Waals surface area contributed by atoms with Gasteiger partial charge in [0, 0.05) is 13.1 Å². The van der Waals surface area contributed by atoms with E-state index in [4.69, 9.17) is 0 Å². The van der Waals surface area contributed by atoms with Crippen LogP contribution in [-0.2, 0) is 4.79 Å². The van der Waals surface area contributed by atoms with Crippen molar-refractivity contribution in [3.05, 3.63) is 0 Å². The molecule has 0 N–H and O–H groups in total. The van der Waals surface area contributed by atoms with Crippen molar-refractivity contribution >= 4 is 5.91 Å². The number of carbonyl (C=O) groups is 1. The lowest BCUT2D eigenvalue weighted by Gasteiger charge is -2.35. The molecule has 13 heavy (non-hydrogen) atoms. The standard InChI is InChI=1S/C11H19NO/c1-8(2)9-7-11(5-4-6-11)10(13)12(9)3/h8-9H,4-7H2,1-3H3. The maximum atomic E-state index is 12.0. The molecule has 1 amide bonds. The highest BCUT2D eigenvalue weighted by molar-refractivity contribution is 5.86. The fourth-order valence-corrected chi connectivity index (χ4v) is 2.85. The van der Waals surface area contributed by atoms with Gasteiger partial charge in [0.15, 0.2) is 0 Å². The molecule has 1 atom stereocenters. The van der Waals surface area contributed by atoms with Crippen LogP contribution in [0.4, 0.5) is 0 Å². The predicted molar refractivity (Wildman–Crippen MR) is 52.3 cm³/mol. The zero-order valence-electron chi connectivity index (χ0n) is 8.84. The topological polar surface area (TPSA) is 20.3 Å². The Morgan fingerprint density at radius 1 is 1.46 bits per heavy atom. The van der Waals surface area contributed by atoms with Crippen LogP contribution in [0.15, 0.2) is 0 Å². The van der Waals surface area contributed by atoms with E-state index in [1.165, 1.54) is 6.42 Å². The molecule has 0 aromatic rings. The molecule has 1 heterocycles. The van der Waals surface area contributed by atoms with Crippen molar-refractivity contribution in [2.45, 2.75) is 45.6 Å². The Labute approximate surface area is 80.3 Å². The average molecular weight is 181 g/mol. The maximum absolute atomic E-state index is 12.0. The maximum Gasteiger partial charge on any atom is 0.228 e. The van der Waals surface area contributed by atoms with Gasteiger partial charge in [0.1, 0.15) is 0 Å². The minimum Gasteiger partial charge on any atom is -0.342 e. The molecule has 1 aliphatic carbocycles. The summed E-state index contributed by atoms with van der Waals surface area (Å²) >= 11 is 0. The summed E-state index contributed by atoms with van der Waals surface area (Å²) in [6, 6.07) is 0.493. The van der Waals surface area contributed by atoms with Gasteiger partial charge in [-0.15, -0.1) is 0 Å². The number of likely N-dealkylation sites (tertiary alicyclic amines) is 1. The highest BCUT2D eigenvalue weighted by Crippen LogP contribution is 2.51. The number of amides is 1. The summed E-state index contributed by atoms with van der Waals surface area (Å²) in [7, 11) is 1.97. The molecule has 2 aliphatic rings. The van der Waals surface area contributed by atoms with Gasteiger partial charge in [0.2, 0.25) is 5.91 Å². The van der Waals surface area contributed by atoms with Crippen LogP contribution < -0.4 is 0 Å². The minimum absolute atomic E-state index is 0.0870. The highest BCUT2D eigenvalue weighted by atomic mass is 16.2. The van der Waals surface area contributed by atoms with Crippen molar-refractivity contribution in [2.24, 2.45) is 11.3 Å². The van der Waals surface area contributed by atoms with Crippen LogP contribution >= 0.6 is 0 Å². The minimum atomic E-state index is 0.0870. The average Bonchev–Trinajstić information content (AvgIpc) is 2.25. The van der Waals surface area contributed by atoms with Crippen LogP contribution in [0.3, 0.4) is 0 Å². The van der Waals surface area contributed by atoms with E-state index in [0.29, 0.717) is 17.9 Å². The molecule has 1 spiro atoms. The Bertz CT molecular complexity index is 230. The molecule has 2 rings (SSSR count). The molecule has 0 aromatic heterocycles. The monoisotopic (exact) mass is 181 g/mol. The highest BCUT2D eigenvalue weighted by Gasteiger charge is 2.53.